The summed E-state index contributed by atoms with van der Waals surface area (Å²) in [6.07, 6.45) is 8.25. The number of rotatable bonds is 4. The van der Waals surface area contributed by atoms with Gasteiger partial charge >= 0.3 is 0 Å². The molecule has 0 amide bonds. The van der Waals surface area contributed by atoms with Gasteiger partial charge in [0.1, 0.15) is 11.6 Å². The van der Waals surface area contributed by atoms with Gasteiger partial charge in [-0.3, -0.25) is 4.57 Å². The molecule has 3 rings (SSSR count). The van der Waals surface area contributed by atoms with Crippen LogP contribution >= 0.6 is 0 Å². The predicted octanol–water partition coefficient (Wildman–Crippen LogP) is 3.47. The average Bonchev–Trinajstić information content (AvgIpc) is 2.76. The molecule has 0 bridgehead atoms. The maximum Gasteiger partial charge on any atom is 0.297 e. The second kappa shape index (κ2) is 5.92. The molecule has 5 nitrogen and oxygen atoms in total. The lowest BCUT2D eigenvalue weighted by Gasteiger charge is -2.22. The van der Waals surface area contributed by atoms with Crippen LogP contribution in [0.4, 0.5) is 0 Å². The van der Waals surface area contributed by atoms with Crippen LogP contribution in [0.1, 0.15) is 46.0 Å². The molecule has 5 heteroatoms. The Labute approximate surface area is 125 Å². The van der Waals surface area contributed by atoms with Crippen molar-refractivity contribution in [1.82, 2.24) is 14.5 Å². The lowest BCUT2D eigenvalue weighted by molar-refractivity contribution is 0.138. The van der Waals surface area contributed by atoms with Crippen LogP contribution in [0.5, 0.6) is 11.9 Å². The monoisotopic (exact) mass is 289 g/mol. The van der Waals surface area contributed by atoms with Crippen molar-refractivity contribution in [3.05, 3.63) is 12.3 Å². The van der Waals surface area contributed by atoms with Crippen molar-refractivity contribution in [2.75, 3.05) is 0 Å². The Morgan fingerprint density at radius 1 is 1.24 bits per heavy atom. The van der Waals surface area contributed by atoms with Gasteiger partial charge in [-0.1, -0.05) is 6.42 Å². The molecule has 0 radical (unpaired) electrons. The molecule has 1 saturated carbocycles. The minimum absolute atomic E-state index is 0.112. The summed E-state index contributed by atoms with van der Waals surface area (Å²) < 4.78 is 13.7. The van der Waals surface area contributed by atoms with Crippen LogP contribution in [0.25, 0.3) is 11.0 Å². The third-order valence-corrected chi connectivity index (χ3v) is 3.88. The Bertz CT molecular complexity index is 615. The summed E-state index contributed by atoms with van der Waals surface area (Å²) in [7, 11) is 1.98. The highest BCUT2D eigenvalue weighted by atomic mass is 16.5. The quantitative estimate of drug-likeness (QED) is 0.864. The van der Waals surface area contributed by atoms with Crippen LogP contribution < -0.4 is 9.47 Å². The van der Waals surface area contributed by atoms with Crippen LogP contribution in [-0.4, -0.2) is 26.7 Å². The molecule has 2 aromatic heterocycles. The fraction of sp³-hybridized carbons (Fsp3) is 0.625. The van der Waals surface area contributed by atoms with Gasteiger partial charge < -0.3 is 9.47 Å². The van der Waals surface area contributed by atoms with Gasteiger partial charge in [-0.15, -0.1) is 0 Å². The third-order valence-electron chi connectivity index (χ3n) is 3.88. The smallest absolute Gasteiger partial charge is 0.297 e. The van der Waals surface area contributed by atoms with Crippen molar-refractivity contribution >= 4 is 11.0 Å². The molecule has 21 heavy (non-hydrogen) atoms. The minimum atomic E-state index is 0.112. The number of pyridine rings is 1. The lowest BCUT2D eigenvalue weighted by atomic mass is 9.98. The molecule has 2 aromatic rings. The molecule has 0 saturated heterocycles. The van der Waals surface area contributed by atoms with Crippen LogP contribution in [0.3, 0.4) is 0 Å². The molecule has 0 N–H and O–H groups in total. The highest BCUT2D eigenvalue weighted by Gasteiger charge is 2.18. The standard InChI is InChI=1S/C16H23N3O2/c1-11(2)20-15-9-14-13(10-17-15)18-16(19(14)3)21-12-7-5-4-6-8-12/h9-12H,4-8H2,1-3H3. The zero-order valence-electron chi connectivity index (χ0n) is 13.0. The molecule has 0 aliphatic heterocycles. The van der Waals surface area contributed by atoms with E-state index in [1.165, 1.54) is 19.3 Å². The van der Waals surface area contributed by atoms with E-state index in [1.807, 2.05) is 31.5 Å². The molecule has 0 atom stereocenters. The van der Waals surface area contributed by atoms with Crippen molar-refractivity contribution in [3.63, 3.8) is 0 Å². The van der Waals surface area contributed by atoms with Crippen LogP contribution in [0.2, 0.25) is 0 Å². The van der Waals surface area contributed by atoms with E-state index in [9.17, 15) is 0 Å². The molecule has 1 fully saturated rings. The first-order chi connectivity index (χ1) is 10.1. The molecule has 2 heterocycles. The highest BCUT2D eigenvalue weighted by Crippen LogP contribution is 2.26. The molecule has 114 valence electrons. The van der Waals surface area contributed by atoms with E-state index < -0.39 is 0 Å². The molecule has 0 unspecified atom stereocenters. The number of hydrogen-bond acceptors (Lipinski definition) is 4. The van der Waals surface area contributed by atoms with E-state index in [4.69, 9.17) is 9.47 Å². The second-order valence-electron chi connectivity index (χ2n) is 6.01. The molecule has 0 aromatic carbocycles. The summed E-state index contributed by atoms with van der Waals surface area (Å²) in [5.74, 6) is 0.629. The summed E-state index contributed by atoms with van der Waals surface area (Å²) in [6.45, 7) is 3.99. The third kappa shape index (κ3) is 3.12. The number of fused-ring (bicyclic) bond motifs is 1. The number of nitrogens with zero attached hydrogens (tertiary/aromatic N) is 3. The fourth-order valence-corrected chi connectivity index (χ4v) is 2.80. The summed E-state index contributed by atoms with van der Waals surface area (Å²) in [6, 6.07) is 2.61. The Balaban J connectivity index is 1.84. The first-order valence-electron chi connectivity index (χ1n) is 7.79. The van der Waals surface area contributed by atoms with E-state index in [0.717, 1.165) is 23.9 Å². The second-order valence-corrected chi connectivity index (χ2v) is 6.01. The fourth-order valence-electron chi connectivity index (χ4n) is 2.80. The van der Waals surface area contributed by atoms with Crippen molar-refractivity contribution < 1.29 is 9.47 Å². The van der Waals surface area contributed by atoms with Crippen LogP contribution in [-0.2, 0) is 7.05 Å². The topological polar surface area (TPSA) is 49.2 Å². The Morgan fingerprint density at radius 2 is 2.00 bits per heavy atom. The summed E-state index contributed by atoms with van der Waals surface area (Å²) in [4.78, 5) is 8.84. The summed E-state index contributed by atoms with van der Waals surface area (Å²) >= 11 is 0. The van der Waals surface area contributed by atoms with Gasteiger partial charge in [-0.05, 0) is 39.5 Å². The molecule has 0 spiro atoms. The first kappa shape index (κ1) is 14.2. The van der Waals surface area contributed by atoms with Gasteiger partial charge in [0.2, 0.25) is 5.88 Å². The number of ether oxygens (including phenoxy) is 2. The number of hydrogen-bond donors (Lipinski definition) is 0. The van der Waals surface area contributed by atoms with Crippen molar-refractivity contribution in [2.45, 2.75) is 58.2 Å². The van der Waals surface area contributed by atoms with Gasteiger partial charge in [-0.25, -0.2) is 4.98 Å². The molecule has 1 aliphatic carbocycles. The largest absolute Gasteiger partial charge is 0.475 e. The Hall–Kier alpha value is -1.78. The first-order valence-corrected chi connectivity index (χ1v) is 7.79. The summed E-state index contributed by atoms with van der Waals surface area (Å²) in [5.41, 5.74) is 1.84. The Kier molecular flexibility index (Phi) is 3.99. The lowest BCUT2D eigenvalue weighted by Crippen LogP contribution is -2.21. The SMILES string of the molecule is CC(C)Oc1cc2c(cn1)nc(OC1CCCCC1)n2C. The maximum absolute atomic E-state index is 6.08. The highest BCUT2D eigenvalue weighted by molar-refractivity contribution is 5.76. The molecular formula is C16H23N3O2. The zero-order chi connectivity index (χ0) is 14.8. The van der Waals surface area contributed by atoms with Crippen molar-refractivity contribution in [2.24, 2.45) is 7.05 Å². The minimum Gasteiger partial charge on any atom is -0.475 e. The molecular weight excluding hydrogens is 266 g/mol. The van der Waals surface area contributed by atoms with Gasteiger partial charge in [0.15, 0.2) is 0 Å². The van der Waals surface area contributed by atoms with E-state index >= 15 is 0 Å². The molecule has 1 aliphatic rings. The van der Waals surface area contributed by atoms with Crippen molar-refractivity contribution in [3.8, 4) is 11.9 Å². The maximum atomic E-state index is 6.08. The van der Waals surface area contributed by atoms with E-state index in [0.29, 0.717) is 18.0 Å². The Morgan fingerprint density at radius 3 is 2.71 bits per heavy atom. The average molecular weight is 289 g/mol. The van der Waals surface area contributed by atoms with Crippen molar-refractivity contribution in [1.29, 1.82) is 0 Å². The normalized spacial score (nSPS) is 16.6. The van der Waals surface area contributed by atoms with Gasteiger partial charge in [0.05, 0.1) is 17.8 Å². The number of aryl methyl sites for hydroxylation is 1. The van der Waals surface area contributed by atoms with Crippen LogP contribution in [0.15, 0.2) is 12.3 Å². The number of aromatic nitrogens is 3. The van der Waals surface area contributed by atoms with Gasteiger partial charge in [0, 0.05) is 13.1 Å². The van der Waals surface area contributed by atoms with E-state index in [2.05, 4.69) is 9.97 Å². The van der Waals surface area contributed by atoms with E-state index in [1.54, 1.807) is 6.20 Å². The van der Waals surface area contributed by atoms with Gasteiger partial charge in [-0.2, -0.15) is 4.98 Å². The predicted molar refractivity (Wildman–Crippen MR) is 81.8 cm³/mol. The zero-order valence-corrected chi connectivity index (χ0v) is 13.0. The van der Waals surface area contributed by atoms with E-state index in [-0.39, 0.29) is 6.10 Å². The summed E-state index contributed by atoms with van der Waals surface area (Å²) in [5, 5.41) is 0. The number of imidazole rings is 1. The van der Waals surface area contributed by atoms with Crippen LogP contribution in [0, 0.1) is 0 Å². The van der Waals surface area contributed by atoms with Gasteiger partial charge in [0.25, 0.3) is 6.01 Å².